The van der Waals surface area contributed by atoms with Crippen LogP contribution in [0.2, 0.25) is 0 Å². The number of benzene rings is 2. The van der Waals surface area contributed by atoms with Crippen molar-refractivity contribution in [2.45, 2.75) is 45.2 Å². The van der Waals surface area contributed by atoms with Crippen LogP contribution in [0.15, 0.2) is 79.0 Å². The van der Waals surface area contributed by atoms with Crippen LogP contribution in [0, 0.1) is 5.92 Å². The van der Waals surface area contributed by atoms with Crippen molar-refractivity contribution in [3.05, 3.63) is 95.8 Å². The minimum Gasteiger partial charge on any atom is -0.345 e. The minimum atomic E-state index is 0.145. The van der Waals surface area contributed by atoms with E-state index in [1.165, 1.54) is 16.8 Å². The second-order valence-corrected chi connectivity index (χ2v) is 8.09. The van der Waals surface area contributed by atoms with Crippen molar-refractivity contribution in [1.29, 1.82) is 0 Å². The second kappa shape index (κ2) is 9.13. The fraction of sp³-hybridized carbons (Fsp3) is 0.346. The molecular formula is C26H30N2O. The lowest BCUT2D eigenvalue weighted by Crippen LogP contribution is -2.33. The van der Waals surface area contributed by atoms with E-state index < -0.39 is 0 Å². The Hall–Kier alpha value is -2.81. The Morgan fingerprint density at radius 1 is 1.00 bits per heavy atom. The third-order valence-electron chi connectivity index (χ3n) is 5.90. The van der Waals surface area contributed by atoms with Gasteiger partial charge in [0.2, 0.25) is 5.91 Å². The van der Waals surface area contributed by atoms with E-state index in [-0.39, 0.29) is 5.92 Å². The summed E-state index contributed by atoms with van der Waals surface area (Å²) < 4.78 is 2.27. The molecule has 3 nitrogen and oxygen atoms in total. The first-order valence-corrected chi connectivity index (χ1v) is 10.8. The molecule has 150 valence electrons. The van der Waals surface area contributed by atoms with E-state index in [1.807, 2.05) is 12.1 Å². The quantitative estimate of drug-likeness (QED) is 0.479. The zero-order valence-electron chi connectivity index (χ0n) is 17.2. The molecule has 29 heavy (non-hydrogen) atoms. The van der Waals surface area contributed by atoms with Crippen molar-refractivity contribution >= 4 is 5.91 Å². The van der Waals surface area contributed by atoms with Crippen molar-refractivity contribution in [2.75, 3.05) is 6.54 Å². The van der Waals surface area contributed by atoms with Gasteiger partial charge in [-0.3, -0.25) is 4.79 Å². The SMILES string of the molecule is CCCCN(Cc1cccn1Cc1ccccc1)C(=O)[C@H]1C[C@H]1c1ccccc1. The Balaban J connectivity index is 1.46. The minimum absolute atomic E-state index is 0.145. The van der Waals surface area contributed by atoms with Gasteiger partial charge in [-0.05, 0) is 42.0 Å². The Morgan fingerprint density at radius 3 is 2.45 bits per heavy atom. The monoisotopic (exact) mass is 386 g/mol. The summed E-state index contributed by atoms with van der Waals surface area (Å²) in [4.78, 5) is 15.4. The smallest absolute Gasteiger partial charge is 0.226 e. The third kappa shape index (κ3) is 4.79. The van der Waals surface area contributed by atoms with Crippen LogP contribution in [-0.2, 0) is 17.9 Å². The summed E-state index contributed by atoms with van der Waals surface area (Å²) in [5.74, 6) is 0.857. The second-order valence-electron chi connectivity index (χ2n) is 8.09. The Morgan fingerprint density at radius 2 is 1.72 bits per heavy atom. The molecule has 0 bridgehead atoms. The lowest BCUT2D eigenvalue weighted by Gasteiger charge is -2.24. The van der Waals surface area contributed by atoms with E-state index >= 15 is 0 Å². The first-order valence-electron chi connectivity index (χ1n) is 10.8. The van der Waals surface area contributed by atoms with E-state index in [0.29, 0.717) is 18.4 Å². The number of aromatic nitrogens is 1. The van der Waals surface area contributed by atoms with Gasteiger partial charge in [0, 0.05) is 30.9 Å². The van der Waals surface area contributed by atoms with Gasteiger partial charge < -0.3 is 9.47 Å². The fourth-order valence-electron chi connectivity index (χ4n) is 4.11. The highest BCUT2D eigenvalue weighted by Gasteiger charge is 2.45. The summed E-state index contributed by atoms with van der Waals surface area (Å²) in [6.07, 6.45) is 5.25. The van der Waals surface area contributed by atoms with E-state index in [1.54, 1.807) is 0 Å². The molecule has 3 aromatic rings. The summed E-state index contributed by atoms with van der Waals surface area (Å²) in [5.41, 5.74) is 3.78. The van der Waals surface area contributed by atoms with Gasteiger partial charge in [-0.1, -0.05) is 74.0 Å². The number of carbonyl (C=O) groups excluding carboxylic acids is 1. The Labute approximate surface area is 174 Å². The van der Waals surface area contributed by atoms with Crippen LogP contribution in [0.3, 0.4) is 0 Å². The normalized spacial score (nSPS) is 17.8. The van der Waals surface area contributed by atoms with Crippen molar-refractivity contribution in [1.82, 2.24) is 9.47 Å². The maximum Gasteiger partial charge on any atom is 0.226 e. The average Bonchev–Trinajstić information content (AvgIpc) is 3.46. The van der Waals surface area contributed by atoms with E-state index in [0.717, 1.165) is 32.4 Å². The molecule has 1 saturated carbocycles. The zero-order valence-corrected chi connectivity index (χ0v) is 17.2. The number of rotatable bonds is 9. The van der Waals surface area contributed by atoms with Gasteiger partial charge in [-0.15, -0.1) is 0 Å². The molecule has 2 atom stereocenters. The predicted molar refractivity (Wildman–Crippen MR) is 118 cm³/mol. The molecule has 3 heteroatoms. The fourth-order valence-corrected chi connectivity index (χ4v) is 4.11. The van der Waals surface area contributed by atoms with E-state index in [9.17, 15) is 4.79 Å². The van der Waals surface area contributed by atoms with E-state index in [4.69, 9.17) is 0 Å². The van der Waals surface area contributed by atoms with Gasteiger partial charge in [-0.2, -0.15) is 0 Å². The van der Waals surface area contributed by atoms with Gasteiger partial charge >= 0.3 is 0 Å². The topological polar surface area (TPSA) is 25.2 Å². The first-order chi connectivity index (χ1) is 14.3. The number of nitrogens with zero attached hydrogens (tertiary/aromatic N) is 2. The summed E-state index contributed by atoms with van der Waals surface area (Å²) >= 11 is 0. The maximum atomic E-state index is 13.3. The lowest BCUT2D eigenvalue weighted by atomic mass is 10.1. The molecule has 0 spiro atoms. The van der Waals surface area contributed by atoms with Crippen LogP contribution in [-0.4, -0.2) is 21.9 Å². The largest absolute Gasteiger partial charge is 0.345 e. The van der Waals surface area contributed by atoms with E-state index in [2.05, 4.69) is 83.3 Å². The molecule has 1 heterocycles. The summed E-state index contributed by atoms with van der Waals surface area (Å²) in [6, 6.07) is 25.2. The number of hydrogen-bond acceptors (Lipinski definition) is 1. The summed E-state index contributed by atoms with van der Waals surface area (Å²) in [6.45, 7) is 4.56. The van der Waals surface area contributed by atoms with Crippen molar-refractivity contribution in [3.63, 3.8) is 0 Å². The number of unbranched alkanes of at least 4 members (excludes halogenated alkanes) is 1. The third-order valence-corrected chi connectivity index (χ3v) is 5.90. The van der Waals surface area contributed by atoms with Gasteiger partial charge in [0.1, 0.15) is 0 Å². The molecule has 0 saturated heterocycles. The lowest BCUT2D eigenvalue weighted by molar-refractivity contribution is -0.133. The van der Waals surface area contributed by atoms with Crippen LogP contribution in [0.4, 0.5) is 0 Å². The van der Waals surface area contributed by atoms with Gasteiger partial charge in [0.25, 0.3) is 0 Å². The van der Waals surface area contributed by atoms with Crippen molar-refractivity contribution in [3.8, 4) is 0 Å². The zero-order chi connectivity index (χ0) is 20.1. The first kappa shape index (κ1) is 19.5. The Kier molecular flexibility index (Phi) is 6.14. The summed E-state index contributed by atoms with van der Waals surface area (Å²) in [5, 5.41) is 0. The predicted octanol–water partition coefficient (Wildman–Crippen LogP) is 5.47. The molecule has 0 N–H and O–H groups in total. The highest BCUT2D eigenvalue weighted by Crippen LogP contribution is 2.48. The van der Waals surface area contributed by atoms with Crippen LogP contribution in [0.5, 0.6) is 0 Å². The molecule has 1 fully saturated rings. The highest BCUT2D eigenvalue weighted by atomic mass is 16.2. The molecule has 1 aliphatic carbocycles. The molecule has 0 radical (unpaired) electrons. The standard InChI is InChI=1S/C26H30N2O/c1-2-3-16-28(26(29)25-18-24(25)22-13-8-5-9-14-22)20-23-15-10-17-27(23)19-21-11-6-4-7-12-21/h4-15,17,24-25H,2-3,16,18-20H2,1H3/t24-,25-/m0/s1. The molecule has 4 rings (SSSR count). The molecule has 1 aromatic heterocycles. The van der Waals surface area contributed by atoms with Crippen molar-refractivity contribution in [2.24, 2.45) is 5.92 Å². The molecule has 0 unspecified atom stereocenters. The highest BCUT2D eigenvalue weighted by molar-refractivity contribution is 5.83. The maximum absolute atomic E-state index is 13.3. The number of amides is 1. The van der Waals surface area contributed by atoms with Gasteiger partial charge in [0.15, 0.2) is 0 Å². The molecule has 2 aromatic carbocycles. The Bertz CT molecular complexity index is 916. The van der Waals surface area contributed by atoms with Crippen LogP contribution < -0.4 is 0 Å². The number of hydrogen-bond donors (Lipinski definition) is 0. The molecule has 0 aliphatic heterocycles. The van der Waals surface area contributed by atoms with Crippen molar-refractivity contribution < 1.29 is 4.79 Å². The van der Waals surface area contributed by atoms with Crippen LogP contribution >= 0.6 is 0 Å². The van der Waals surface area contributed by atoms with Crippen LogP contribution in [0.25, 0.3) is 0 Å². The average molecular weight is 387 g/mol. The summed E-state index contributed by atoms with van der Waals surface area (Å²) in [7, 11) is 0. The van der Waals surface area contributed by atoms with Crippen LogP contribution in [0.1, 0.15) is 48.9 Å². The van der Waals surface area contributed by atoms with Gasteiger partial charge in [0.05, 0.1) is 6.54 Å². The molecule has 1 aliphatic rings. The van der Waals surface area contributed by atoms with Gasteiger partial charge in [-0.25, -0.2) is 0 Å². The molecular weight excluding hydrogens is 356 g/mol. The number of carbonyl (C=O) groups is 1. The molecule has 1 amide bonds.